The van der Waals surface area contributed by atoms with Crippen molar-refractivity contribution in [1.82, 2.24) is 4.57 Å². The van der Waals surface area contributed by atoms with Crippen LogP contribution in [-0.2, 0) is 6.42 Å². The van der Waals surface area contributed by atoms with Crippen molar-refractivity contribution >= 4 is 76.3 Å². The maximum Gasteiger partial charge on any atom is 0.0541 e. The Morgan fingerprint density at radius 2 is 0.736 bits per heavy atom. The van der Waals surface area contributed by atoms with Gasteiger partial charge in [0, 0.05) is 29.0 Å². The maximum atomic E-state index is 3.50. The molecule has 4 heteroatoms. The molecule has 9 aromatic rings. The molecular formula is C49H34Br2IN. The van der Waals surface area contributed by atoms with E-state index in [0.29, 0.717) is 0 Å². The summed E-state index contributed by atoms with van der Waals surface area (Å²) in [5, 5.41) is 2.58. The zero-order valence-electron chi connectivity index (χ0n) is 28.8. The zero-order valence-corrected chi connectivity index (χ0v) is 34.1. The maximum absolute atomic E-state index is 3.50. The van der Waals surface area contributed by atoms with Crippen LogP contribution in [0.5, 0.6) is 0 Å². The highest BCUT2D eigenvalue weighted by Crippen LogP contribution is 2.36. The summed E-state index contributed by atoms with van der Waals surface area (Å²) in [6.07, 6.45) is 1.10. The van der Waals surface area contributed by atoms with E-state index in [1.165, 1.54) is 75.6 Å². The van der Waals surface area contributed by atoms with Gasteiger partial charge >= 0.3 is 0 Å². The summed E-state index contributed by atoms with van der Waals surface area (Å²) in [5.74, 6) is 0. The molecule has 0 spiro atoms. The highest BCUT2D eigenvalue weighted by atomic mass is 127. The number of aromatic nitrogens is 1. The van der Waals surface area contributed by atoms with Crippen LogP contribution in [0.2, 0.25) is 0 Å². The van der Waals surface area contributed by atoms with Gasteiger partial charge in [-0.15, -0.1) is 0 Å². The van der Waals surface area contributed by atoms with E-state index in [1.807, 2.05) is 0 Å². The van der Waals surface area contributed by atoms with E-state index in [1.54, 1.807) is 0 Å². The monoisotopic (exact) mass is 921 g/mol. The molecule has 1 heterocycles. The molecule has 1 aromatic heterocycles. The Bertz CT molecular complexity index is 2500. The molecule has 0 fully saturated rings. The molecule has 0 saturated heterocycles. The fraction of sp³-hybridized carbons (Fsp3) is 0.0204. The lowest BCUT2D eigenvalue weighted by Crippen LogP contribution is -1.93. The lowest BCUT2D eigenvalue weighted by Gasteiger charge is -2.09. The average Bonchev–Trinajstić information content (AvgIpc) is 3.76. The highest BCUT2D eigenvalue weighted by Gasteiger charge is 2.16. The Morgan fingerprint density at radius 3 is 1.19 bits per heavy atom. The fourth-order valence-corrected chi connectivity index (χ4v) is 7.90. The Morgan fingerprint density at radius 1 is 0.377 bits per heavy atom. The van der Waals surface area contributed by atoms with E-state index in [0.717, 1.165) is 15.4 Å². The van der Waals surface area contributed by atoms with Crippen molar-refractivity contribution < 1.29 is 0 Å². The standard InChI is InChI=1S/C24H16BrN.C13H10.C12H8BrI/c25-19-13-9-17(10-14-19)18-11-15-20(16-12-18)26-23-7-3-1-5-21(23)22-6-2-4-8-24(22)26;1-3-7-12-10(5-1)9-11-6-2-4-8-13(11)12;13-11-5-1-9(2-6-11)10-3-7-12(14)8-4-10/h1-16H;1-8H,9H2;1-8H. The molecule has 0 unspecified atom stereocenters. The molecule has 0 aliphatic heterocycles. The van der Waals surface area contributed by atoms with Gasteiger partial charge < -0.3 is 4.57 Å². The Hall–Kier alpha value is -4.75. The molecule has 8 aromatic carbocycles. The molecular weight excluding hydrogens is 889 g/mol. The summed E-state index contributed by atoms with van der Waals surface area (Å²) in [7, 11) is 0. The molecule has 0 saturated carbocycles. The minimum absolute atomic E-state index is 1.10. The number of fused-ring (bicyclic) bond motifs is 6. The third-order valence-corrected chi connectivity index (χ3v) is 11.4. The minimum Gasteiger partial charge on any atom is -0.309 e. The molecule has 1 nitrogen and oxygen atoms in total. The topological polar surface area (TPSA) is 4.93 Å². The van der Waals surface area contributed by atoms with Gasteiger partial charge in [0.2, 0.25) is 0 Å². The third-order valence-electron chi connectivity index (χ3n) is 9.61. The van der Waals surface area contributed by atoms with Gasteiger partial charge in [-0.25, -0.2) is 0 Å². The molecule has 0 radical (unpaired) electrons. The van der Waals surface area contributed by atoms with E-state index in [-0.39, 0.29) is 0 Å². The smallest absolute Gasteiger partial charge is 0.0541 e. The van der Waals surface area contributed by atoms with E-state index in [9.17, 15) is 0 Å². The first-order chi connectivity index (χ1) is 26.0. The normalized spacial score (nSPS) is 11.2. The number of para-hydroxylation sites is 2. The van der Waals surface area contributed by atoms with Crippen LogP contribution in [0.15, 0.2) is 203 Å². The number of hydrogen-bond donors (Lipinski definition) is 0. The molecule has 10 rings (SSSR count). The van der Waals surface area contributed by atoms with Crippen molar-refractivity contribution in [2.75, 3.05) is 0 Å². The van der Waals surface area contributed by atoms with Crippen LogP contribution in [0.3, 0.4) is 0 Å². The van der Waals surface area contributed by atoms with Gasteiger partial charge in [0.25, 0.3) is 0 Å². The molecule has 1 aliphatic rings. The van der Waals surface area contributed by atoms with E-state index in [4.69, 9.17) is 0 Å². The van der Waals surface area contributed by atoms with Gasteiger partial charge in [0.1, 0.15) is 0 Å². The van der Waals surface area contributed by atoms with Gasteiger partial charge in [0.05, 0.1) is 11.0 Å². The zero-order chi connectivity index (χ0) is 36.1. The number of rotatable bonds is 3. The number of nitrogens with zero attached hydrogens (tertiary/aromatic N) is 1. The summed E-state index contributed by atoms with van der Waals surface area (Å²) in [6, 6.07) is 68.6. The van der Waals surface area contributed by atoms with Gasteiger partial charge in [0.15, 0.2) is 0 Å². The summed E-state index contributed by atoms with van der Waals surface area (Å²) in [5.41, 5.74) is 14.4. The molecule has 0 atom stereocenters. The summed E-state index contributed by atoms with van der Waals surface area (Å²) < 4.78 is 5.83. The van der Waals surface area contributed by atoms with Crippen molar-refractivity contribution in [3.05, 3.63) is 218 Å². The first-order valence-corrected chi connectivity index (χ1v) is 20.2. The lowest BCUT2D eigenvalue weighted by molar-refractivity contribution is 1.18. The SMILES string of the molecule is Brc1ccc(-c2ccc(-n3c4ccccc4c4ccccc43)cc2)cc1.Brc1ccc(-c2ccc(I)cc2)cc1.c1ccc2c(c1)Cc1ccccc1-2. The second kappa shape index (κ2) is 16.1. The van der Waals surface area contributed by atoms with Crippen molar-refractivity contribution in [3.8, 4) is 39.1 Å². The van der Waals surface area contributed by atoms with Gasteiger partial charge in [-0.1, -0.05) is 165 Å². The number of halogens is 3. The van der Waals surface area contributed by atoms with Crippen LogP contribution < -0.4 is 0 Å². The van der Waals surface area contributed by atoms with Gasteiger partial charge in [-0.05, 0) is 134 Å². The predicted octanol–water partition coefficient (Wildman–Crippen LogP) is 15.2. The second-order valence-electron chi connectivity index (χ2n) is 12.9. The van der Waals surface area contributed by atoms with Crippen LogP contribution in [-0.4, -0.2) is 4.57 Å². The van der Waals surface area contributed by atoms with Crippen molar-refractivity contribution in [2.24, 2.45) is 0 Å². The van der Waals surface area contributed by atoms with Crippen LogP contribution in [0.4, 0.5) is 0 Å². The number of hydrogen-bond acceptors (Lipinski definition) is 0. The van der Waals surface area contributed by atoms with E-state index in [2.05, 4.69) is 253 Å². The summed E-state index contributed by atoms with van der Waals surface area (Å²) in [6.45, 7) is 0. The van der Waals surface area contributed by atoms with Gasteiger partial charge in [-0.2, -0.15) is 0 Å². The molecule has 256 valence electrons. The van der Waals surface area contributed by atoms with Gasteiger partial charge in [-0.3, -0.25) is 0 Å². The van der Waals surface area contributed by atoms with Crippen LogP contribution in [0.25, 0.3) is 60.9 Å². The Balaban J connectivity index is 0.000000125. The summed E-state index contributed by atoms with van der Waals surface area (Å²) in [4.78, 5) is 0. The Labute approximate surface area is 341 Å². The second-order valence-corrected chi connectivity index (χ2v) is 16.0. The summed E-state index contributed by atoms with van der Waals surface area (Å²) >= 11 is 9.24. The first-order valence-electron chi connectivity index (χ1n) is 17.5. The molecule has 0 amide bonds. The number of benzene rings is 8. The van der Waals surface area contributed by atoms with E-state index >= 15 is 0 Å². The van der Waals surface area contributed by atoms with Crippen LogP contribution >= 0.6 is 54.5 Å². The minimum atomic E-state index is 1.10. The molecule has 1 aliphatic carbocycles. The first kappa shape index (κ1) is 35.3. The Kier molecular flexibility index (Phi) is 10.7. The molecule has 0 bridgehead atoms. The van der Waals surface area contributed by atoms with Crippen LogP contribution in [0, 0.1) is 3.57 Å². The third kappa shape index (κ3) is 7.82. The average molecular weight is 924 g/mol. The lowest BCUT2D eigenvalue weighted by atomic mass is 10.1. The highest BCUT2D eigenvalue weighted by molar-refractivity contribution is 14.1. The fourth-order valence-electron chi connectivity index (χ4n) is 7.01. The van der Waals surface area contributed by atoms with E-state index < -0.39 is 0 Å². The predicted molar refractivity (Wildman–Crippen MR) is 241 cm³/mol. The quantitative estimate of drug-likeness (QED) is 0.156. The van der Waals surface area contributed by atoms with Crippen molar-refractivity contribution in [3.63, 3.8) is 0 Å². The van der Waals surface area contributed by atoms with Crippen molar-refractivity contribution in [1.29, 1.82) is 0 Å². The van der Waals surface area contributed by atoms with Crippen LogP contribution in [0.1, 0.15) is 11.1 Å². The van der Waals surface area contributed by atoms with Crippen molar-refractivity contribution in [2.45, 2.75) is 6.42 Å². The molecule has 0 N–H and O–H groups in total. The molecule has 53 heavy (non-hydrogen) atoms. The largest absolute Gasteiger partial charge is 0.309 e.